The second kappa shape index (κ2) is 7.57. The number of rotatable bonds is 5. The van der Waals surface area contributed by atoms with Crippen LogP contribution in [0.25, 0.3) is 0 Å². The van der Waals surface area contributed by atoms with Crippen LogP contribution in [0.15, 0.2) is 30.3 Å². The molecule has 1 aromatic carbocycles. The fourth-order valence-corrected chi connectivity index (χ4v) is 4.73. The van der Waals surface area contributed by atoms with E-state index >= 15 is 0 Å². The van der Waals surface area contributed by atoms with Gasteiger partial charge in [-0.2, -0.15) is 0 Å². The first-order valence-corrected chi connectivity index (χ1v) is 10.3. The molecule has 1 unspecified atom stereocenters. The highest BCUT2D eigenvalue weighted by Crippen LogP contribution is 2.44. The molecule has 2 aliphatic heterocycles. The van der Waals surface area contributed by atoms with Crippen LogP contribution in [0.3, 0.4) is 0 Å². The molecule has 1 aliphatic carbocycles. The zero-order valence-corrected chi connectivity index (χ0v) is 16.2. The van der Waals surface area contributed by atoms with Crippen LogP contribution in [0.4, 0.5) is 0 Å². The van der Waals surface area contributed by atoms with Gasteiger partial charge in [-0.15, -0.1) is 0 Å². The van der Waals surface area contributed by atoms with E-state index in [1.807, 2.05) is 35.2 Å². The fourth-order valence-electron chi connectivity index (χ4n) is 4.73. The van der Waals surface area contributed by atoms with Crippen molar-refractivity contribution in [3.63, 3.8) is 0 Å². The summed E-state index contributed by atoms with van der Waals surface area (Å²) in [5.41, 5.74) is 0.926. The average Bonchev–Trinajstić information content (AvgIpc) is 3.49. The largest absolute Gasteiger partial charge is 0.480 e. The molecule has 1 aromatic rings. The van der Waals surface area contributed by atoms with Crippen LogP contribution in [0.1, 0.15) is 44.1 Å². The van der Waals surface area contributed by atoms with Crippen LogP contribution in [0, 0.1) is 11.3 Å². The number of aliphatic carboxylic acids is 1. The van der Waals surface area contributed by atoms with Gasteiger partial charge >= 0.3 is 5.97 Å². The Labute approximate surface area is 165 Å². The molecular formula is C22H28N2O4. The van der Waals surface area contributed by atoms with Crippen molar-refractivity contribution in [2.75, 3.05) is 19.6 Å². The number of carbonyl (C=O) groups is 3. The molecule has 1 atom stereocenters. The quantitative estimate of drug-likeness (QED) is 0.845. The second-order valence-corrected chi connectivity index (χ2v) is 8.66. The first kappa shape index (κ1) is 19.0. The van der Waals surface area contributed by atoms with E-state index in [1.165, 1.54) is 0 Å². The second-order valence-electron chi connectivity index (χ2n) is 8.66. The Kier molecular flexibility index (Phi) is 5.13. The van der Waals surface area contributed by atoms with Gasteiger partial charge in [0, 0.05) is 32.0 Å². The number of carbonyl (C=O) groups excluding carboxylic acids is 2. The van der Waals surface area contributed by atoms with Crippen LogP contribution >= 0.6 is 0 Å². The normalized spacial score (nSPS) is 23.8. The van der Waals surface area contributed by atoms with Gasteiger partial charge in [-0.3, -0.25) is 9.59 Å². The molecule has 6 nitrogen and oxygen atoms in total. The van der Waals surface area contributed by atoms with Crippen molar-refractivity contribution in [3.8, 4) is 0 Å². The summed E-state index contributed by atoms with van der Waals surface area (Å²) >= 11 is 0. The fraction of sp³-hybridized carbons (Fsp3) is 0.591. The molecule has 2 saturated heterocycles. The van der Waals surface area contributed by atoms with E-state index < -0.39 is 12.0 Å². The highest BCUT2D eigenvalue weighted by Gasteiger charge is 2.50. The Hall–Kier alpha value is -2.37. The molecule has 2 amide bonds. The number of piperidine rings is 1. The Morgan fingerprint density at radius 2 is 1.75 bits per heavy atom. The third-order valence-corrected chi connectivity index (χ3v) is 6.65. The van der Waals surface area contributed by atoms with Gasteiger partial charge in [0.15, 0.2) is 0 Å². The lowest BCUT2D eigenvalue weighted by atomic mass is 9.76. The molecule has 3 fully saturated rings. The number of likely N-dealkylation sites (tertiary alicyclic amines) is 2. The molecule has 6 heteroatoms. The summed E-state index contributed by atoms with van der Waals surface area (Å²) in [5.74, 6) is -0.509. The molecule has 2 heterocycles. The van der Waals surface area contributed by atoms with Crippen LogP contribution < -0.4 is 0 Å². The topological polar surface area (TPSA) is 77.9 Å². The SMILES string of the molecule is O=C(O)C1CC2(CCN(C(=O)C3CC3)CC2)CN1C(=O)CCc1ccccc1. The summed E-state index contributed by atoms with van der Waals surface area (Å²) in [7, 11) is 0. The van der Waals surface area contributed by atoms with Crippen LogP contribution in [0.2, 0.25) is 0 Å². The van der Waals surface area contributed by atoms with Crippen LogP contribution in [-0.4, -0.2) is 58.4 Å². The van der Waals surface area contributed by atoms with E-state index in [2.05, 4.69) is 0 Å². The van der Waals surface area contributed by atoms with Crippen molar-refractivity contribution in [3.05, 3.63) is 35.9 Å². The van der Waals surface area contributed by atoms with Gasteiger partial charge in [-0.25, -0.2) is 4.79 Å². The van der Waals surface area contributed by atoms with Crippen molar-refractivity contribution in [2.45, 2.75) is 51.0 Å². The number of aryl methyl sites for hydroxylation is 1. The Balaban J connectivity index is 1.38. The van der Waals surface area contributed by atoms with E-state index in [9.17, 15) is 19.5 Å². The maximum absolute atomic E-state index is 12.8. The highest BCUT2D eigenvalue weighted by atomic mass is 16.4. The van der Waals surface area contributed by atoms with Gasteiger partial charge in [-0.05, 0) is 49.5 Å². The number of nitrogens with zero attached hydrogens (tertiary/aromatic N) is 2. The van der Waals surface area contributed by atoms with Crippen molar-refractivity contribution in [1.29, 1.82) is 0 Å². The molecular weight excluding hydrogens is 356 g/mol. The number of carboxylic acid groups (broad SMARTS) is 1. The van der Waals surface area contributed by atoms with Crippen molar-refractivity contribution < 1.29 is 19.5 Å². The molecule has 0 radical (unpaired) electrons. The molecule has 1 N–H and O–H groups in total. The van der Waals surface area contributed by atoms with Gasteiger partial charge in [-0.1, -0.05) is 30.3 Å². The maximum atomic E-state index is 12.8. The lowest BCUT2D eigenvalue weighted by Gasteiger charge is -2.39. The first-order valence-electron chi connectivity index (χ1n) is 10.3. The Morgan fingerprint density at radius 1 is 1.07 bits per heavy atom. The number of amides is 2. The predicted octanol–water partition coefficient (Wildman–Crippen LogP) is 2.32. The molecule has 1 spiro atoms. The summed E-state index contributed by atoms with van der Waals surface area (Å²) in [6, 6.07) is 9.06. The van der Waals surface area contributed by atoms with E-state index in [-0.39, 0.29) is 23.1 Å². The zero-order chi connectivity index (χ0) is 19.7. The smallest absolute Gasteiger partial charge is 0.326 e. The van der Waals surface area contributed by atoms with Crippen LogP contribution in [0.5, 0.6) is 0 Å². The highest BCUT2D eigenvalue weighted by molar-refractivity contribution is 5.85. The summed E-state index contributed by atoms with van der Waals surface area (Å²) < 4.78 is 0. The van der Waals surface area contributed by atoms with Gasteiger partial charge in [0.1, 0.15) is 6.04 Å². The number of benzene rings is 1. The van der Waals surface area contributed by atoms with Crippen molar-refractivity contribution in [2.24, 2.45) is 11.3 Å². The molecule has 1 saturated carbocycles. The summed E-state index contributed by atoms with van der Waals surface area (Å²) in [6.45, 7) is 1.88. The summed E-state index contributed by atoms with van der Waals surface area (Å²) in [4.78, 5) is 40.5. The van der Waals surface area contributed by atoms with E-state index in [0.29, 0.717) is 38.9 Å². The summed E-state index contributed by atoms with van der Waals surface area (Å²) in [6.07, 6.45) is 5.05. The van der Waals surface area contributed by atoms with Crippen molar-refractivity contribution in [1.82, 2.24) is 9.80 Å². The number of hydrogen-bond acceptors (Lipinski definition) is 3. The Bertz CT molecular complexity index is 751. The minimum absolute atomic E-state index is 0.0791. The molecule has 0 aromatic heterocycles. The van der Waals surface area contributed by atoms with Gasteiger partial charge in [0.25, 0.3) is 0 Å². The number of hydrogen-bond donors (Lipinski definition) is 1. The maximum Gasteiger partial charge on any atom is 0.326 e. The molecule has 150 valence electrons. The molecule has 0 bridgehead atoms. The standard InChI is InChI=1S/C22H28N2O4/c25-19(9-6-16-4-2-1-3-5-16)24-15-22(14-18(24)21(27)28)10-12-23(13-11-22)20(26)17-7-8-17/h1-5,17-18H,6-15H2,(H,27,28). The van der Waals surface area contributed by atoms with Gasteiger partial charge in [0.05, 0.1) is 0 Å². The van der Waals surface area contributed by atoms with Crippen molar-refractivity contribution >= 4 is 17.8 Å². The van der Waals surface area contributed by atoms with E-state index in [0.717, 1.165) is 31.2 Å². The first-order chi connectivity index (χ1) is 13.5. The third kappa shape index (κ3) is 3.91. The average molecular weight is 384 g/mol. The van der Waals surface area contributed by atoms with Crippen LogP contribution in [-0.2, 0) is 20.8 Å². The van der Waals surface area contributed by atoms with E-state index in [4.69, 9.17) is 0 Å². The minimum atomic E-state index is -0.915. The zero-order valence-electron chi connectivity index (χ0n) is 16.2. The number of carboxylic acids is 1. The van der Waals surface area contributed by atoms with E-state index in [1.54, 1.807) is 4.90 Å². The predicted molar refractivity (Wildman–Crippen MR) is 103 cm³/mol. The minimum Gasteiger partial charge on any atom is -0.480 e. The molecule has 28 heavy (non-hydrogen) atoms. The van der Waals surface area contributed by atoms with Gasteiger partial charge < -0.3 is 14.9 Å². The molecule has 3 aliphatic rings. The lowest BCUT2D eigenvalue weighted by Crippen LogP contribution is -2.45. The monoisotopic (exact) mass is 384 g/mol. The lowest BCUT2D eigenvalue weighted by molar-refractivity contribution is -0.148. The summed E-state index contributed by atoms with van der Waals surface area (Å²) in [5, 5.41) is 9.69. The Morgan fingerprint density at radius 3 is 2.36 bits per heavy atom. The van der Waals surface area contributed by atoms with Gasteiger partial charge in [0.2, 0.25) is 11.8 Å². The molecule has 4 rings (SSSR count). The third-order valence-electron chi connectivity index (χ3n) is 6.65.